The van der Waals surface area contributed by atoms with Crippen molar-refractivity contribution in [2.75, 3.05) is 18.2 Å². The Balaban J connectivity index is 2.10. The fourth-order valence-electron chi connectivity index (χ4n) is 1.91. The van der Waals surface area contributed by atoms with Gasteiger partial charge in [-0.25, -0.2) is 0 Å². The first-order valence-electron chi connectivity index (χ1n) is 6.46. The van der Waals surface area contributed by atoms with Crippen LogP contribution < -0.4 is 15.8 Å². The number of nitro groups is 1. The lowest BCUT2D eigenvalue weighted by atomic mass is 10.1. The minimum atomic E-state index is -0.525. The summed E-state index contributed by atoms with van der Waals surface area (Å²) >= 11 is 0. The lowest BCUT2D eigenvalue weighted by Gasteiger charge is -2.10. The summed E-state index contributed by atoms with van der Waals surface area (Å²) in [5.41, 5.74) is 7.30. The van der Waals surface area contributed by atoms with Gasteiger partial charge in [-0.2, -0.15) is 0 Å². The Kier molecular flexibility index (Phi) is 4.57. The molecule has 0 radical (unpaired) electrons. The first-order valence-corrected chi connectivity index (χ1v) is 6.46. The second-order valence-electron chi connectivity index (χ2n) is 4.61. The first-order chi connectivity index (χ1) is 10.5. The van der Waals surface area contributed by atoms with Crippen LogP contribution in [0.15, 0.2) is 42.5 Å². The average molecular weight is 301 g/mol. The number of benzene rings is 2. The molecule has 114 valence electrons. The molecule has 0 bridgehead atoms. The number of ether oxygens (including phenoxy) is 1. The molecule has 0 spiro atoms. The number of rotatable bonds is 5. The van der Waals surface area contributed by atoms with Gasteiger partial charge >= 0.3 is 0 Å². The lowest BCUT2D eigenvalue weighted by Crippen LogP contribution is -2.15. The number of non-ortho nitro benzene ring substituents is 1. The smallest absolute Gasteiger partial charge is 0.273 e. The molecule has 0 saturated heterocycles. The van der Waals surface area contributed by atoms with Gasteiger partial charge in [-0.15, -0.1) is 0 Å². The summed E-state index contributed by atoms with van der Waals surface area (Å²) in [4.78, 5) is 22.2. The number of methoxy groups -OCH3 is 1. The van der Waals surface area contributed by atoms with Crippen LogP contribution in [-0.2, 0) is 11.2 Å². The highest BCUT2D eigenvalue weighted by molar-refractivity contribution is 5.93. The Hall–Kier alpha value is -3.09. The minimum Gasteiger partial charge on any atom is -0.494 e. The van der Waals surface area contributed by atoms with Gasteiger partial charge in [0, 0.05) is 11.8 Å². The van der Waals surface area contributed by atoms with E-state index in [0.29, 0.717) is 11.4 Å². The van der Waals surface area contributed by atoms with Crippen molar-refractivity contribution >= 4 is 23.0 Å². The van der Waals surface area contributed by atoms with E-state index in [9.17, 15) is 14.9 Å². The summed E-state index contributed by atoms with van der Waals surface area (Å²) in [5.74, 6) is -0.0169. The minimum absolute atomic E-state index is 0.103. The molecule has 2 rings (SSSR count). The molecule has 2 aromatic carbocycles. The second-order valence-corrected chi connectivity index (χ2v) is 4.61. The highest BCUT2D eigenvalue weighted by atomic mass is 16.6. The van der Waals surface area contributed by atoms with Gasteiger partial charge in [-0.3, -0.25) is 14.9 Å². The molecule has 0 saturated carbocycles. The van der Waals surface area contributed by atoms with E-state index in [1.807, 2.05) is 0 Å². The molecular weight excluding hydrogens is 286 g/mol. The number of nitrogen functional groups attached to an aromatic ring is 1. The Morgan fingerprint density at radius 1 is 1.27 bits per heavy atom. The first kappa shape index (κ1) is 15.3. The molecule has 1 amide bonds. The van der Waals surface area contributed by atoms with Crippen molar-refractivity contribution in [3.8, 4) is 5.75 Å². The van der Waals surface area contributed by atoms with E-state index >= 15 is 0 Å². The fourth-order valence-corrected chi connectivity index (χ4v) is 1.91. The third-order valence-corrected chi connectivity index (χ3v) is 3.01. The molecule has 0 fully saturated rings. The summed E-state index contributed by atoms with van der Waals surface area (Å²) < 4.78 is 5.07. The lowest BCUT2D eigenvalue weighted by molar-refractivity contribution is -0.384. The zero-order valence-electron chi connectivity index (χ0n) is 11.9. The quantitative estimate of drug-likeness (QED) is 0.501. The maximum atomic E-state index is 12.0. The van der Waals surface area contributed by atoms with Crippen molar-refractivity contribution in [3.05, 3.63) is 58.1 Å². The Bertz CT molecular complexity index is 698. The summed E-state index contributed by atoms with van der Waals surface area (Å²) in [5, 5.41) is 13.4. The van der Waals surface area contributed by atoms with Crippen molar-refractivity contribution < 1.29 is 14.5 Å². The molecule has 22 heavy (non-hydrogen) atoms. The van der Waals surface area contributed by atoms with E-state index in [-0.39, 0.29) is 23.8 Å². The Labute approximate surface area is 126 Å². The zero-order chi connectivity index (χ0) is 16.1. The van der Waals surface area contributed by atoms with Crippen LogP contribution in [-0.4, -0.2) is 17.9 Å². The number of anilines is 2. The molecule has 0 atom stereocenters. The van der Waals surface area contributed by atoms with Gasteiger partial charge < -0.3 is 15.8 Å². The second kappa shape index (κ2) is 6.57. The maximum absolute atomic E-state index is 12.0. The molecule has 7 nitrogen and oxygen atoms in total. The van der Waals surface area contributed by atoms with Crippen molar-refractivity contribution in [1.82, 2.24) is 0 Å². The number of hydrogen-bond donors (Lipinski definition) is 2. The van der Waals surface area contributed by atoms with Gasteiger partial charge in [0.2, 0.25) is 5.91 Å². The SMILES string of the molecule is COc1cc([N+](=O)[O-])ccc1NC(=O)Cc1ccc(N)cc1. The van der Waals surface area contributed by atoms with Gasteiger partial charge in [0.05, 0.1) is 30.2 Å². The molecule has 0 aliphatic rings. The predicted molar refractivity (Wildman–Crippen MR) is 82.8 cm³/mol. The third kappa shape index (κ3) is 3.72. The van der Waals surface area contributed by atoms with Crippen molar-refractivity contribution in [3.63, 3.8) is 0 Å². The number of nitro benzene ring substituents is 1. The van der Waals surface area contributed by atoms with Crippen LogP contribution >= 0.6 is 0 Å². The van der Waals surface area contributed by atoms with Gasteiger partial charge in [0.1, 0.15) is 5.75 Å². The Morgan fingerprint density at radius 3 is 2.55 bits per heavy atom. The van der Waals surface area contributed by atoms with Crippen LogP contribution in [0.4, 0.5) is 17.1 Å². The number of hydrogen-bond acceptors (Lipinski definition) is 5. The standard InChI is InChI=1S/C15H15N3O4/c1-22-14-9-12(18(20)21)6-7-13(14)17-15(19)8-10-2-4-11(16)5-3-10/h2-7,9H,8,16H2,1H3,(H,17,19). The molecule has 0 aliphatic heterocycles. The summed E-state index contributed by atoms with van der Waals surface area (Å²) in [6, 6.07) is 11.0. The number of carbonyl (C=O) groups excluding carboxylic acids is 1. The van der Waals surface area contributed by atoms with Crippen LogP contribution in [0.1, 0.15) is 5.56 Å². The van der Waals surface area contributed by atoms with Crippen LogP contribution in [0.25, 0.3) is 0 Å². The highest BCUT2D eigenvalue weighted by Crippen LogP contribution is 2.29. The summed E-state index contributed by atoms with van der Waals surface area (Å²) in [6.07, 6.45) is 0.167. The molecule has 0 unspecified atom stereocenters. The summed E-state index contributed by atoms with van der Waals surface area (Å²) in [6.45, 7) is 0. The van der Waals surface area contributed by atoms with Gasteiger partial charge in [-0.05, 0) is 23.8 Å². The number of amides is 1. The van der Waals surface area contributed by atoms with E-state index in [4.69, 9.17) is 10.5 Å². The van der Waals surface area contributed by atoms with Crippen molar-refractivity contribution in [1.29, 1.82) is 0 Å². The van der Waals surface area contributed by atoms with E-state index in [0.717, 1.165) is 5.56 Å². The Morgan fingerprint density at radius 2 is 1.95 bits per heavy atom. The van der Waals surface area contributed by atoms with Gasteiger partial charge in [0.25, 0.3) is 5.69 Å². The number of nitrogens with one attached hydrogen (secondary N) is 1. The third-order valence-electron chi connectivity index (χ3n) is 3.01. The van der Waals surface area contributed by atoms with Crippen LogP contribution in [0.2, 0.25) is 0 Å². The summed E-state index contributed by atoms with van der Waals surface area (Å²) in [7, 11) is 1.38. The average Bonchev–Trinajstić information content (AvgIpc) is 2.49. The van der Waals surface area contributed by atoms with E-state index < -0.39 is 4.92 Å². The van der Waals surface area contributed by atoms with Gasteiger partial charge in [0.15, 0.2) is 0 Å². The molecule has 0 heterocycles. The van der Waals surface area contributed by atoms with Gasteiger partial charge in [-0.1, -0.05) is 12.1 Å². The molecule has 3 N–H and O–H groups in total. The maximum Gasteiger partial charge on any atom is 0.273 e. The monoisotopic (exact) mass is 301 g/mol. The molecule has 7 heteroatoms. The van der Waals surface area contributed by atoms with Crippen LogP contribution in [0.5, 0.6) is 5.75 Å². The molecular formula is C15H15N3O4. The molecule has 0 aliphatic carbocycles. The van der Waals surface area contributed by atoms with Crippen LogP contribution in [0, 0.1) is 10.1 Å². The molecule has 2 aromatic rings. The molecule has 0 aromatic heterocycles. The number of nitrogens with two attached hydrogens (primary N) is 1. The highest BCUT2D eigenvalue weighted by Gasteiger charge is 2.13. The van der Waals surface area contributed by atoms with E-state index in [1.54, 1.807) is 24.3 Å². The number of nitrogens with zero attached hydrogens (tertiary/aromatic N) is 1. The van der Waals surface area contributed by atoms with Crippen molar-refractivity contribution in [2.45, 2.75) is 6.42 Å². The fraction of sp³-hybridized carbons (Fsp3) is 0.133. The predicted octanol–water partition coefficient (Wildman–Crippen LogP) is 2.37. The van der Waals surface area contributed by atoms with E-state index in [1.165, 1.54) is 25.3 Å². The zero-order valence-corrected chi connectivity index (χ0v) is 11.9. The largest absolute Gasteiger partial charge is 0.494 e. The van der Waals surface area contributed by atoms with E-state index in [2.05, 4.69) is 5.32 Å². The van der Waals surface area contributed by atoms with Crippen LogP contribution in [0.3, 0.4) is 0 Å². The topological polar surface area (TPSA) is 107 Å². The van der Waals surface area contributed by atoms with Crippen molar-refractivity contribution in [2.24, 2.45) is 0 Å². The number of carbonyl (C=O) groups is 1. The normalized spacial score (nSPS) is 10.0.